The van der Waals surface area contributed by atoms with Crippen LogP contribution in [0.15, 0.2) is 50.5 Å². The second-order valence-electron chi connectivity index (χ2n) is 7.52. The number of hydrogen-bond donors (Lipinski definition) is 2. The van der Waals surface area contributed by atoms with Crippen LogP contribution in [0.5, 0.6) is 0 Å². The van der Waals surface area contributed by atoms with Crippen molar-refractivity contribution in [2.45, 2.75) is 19.0 Å². The molecular weight excluding hydrogens is 531 g/mol. The molecule has 1 aromatic carbocycles. The van der Waals surface area contributed by atoms with Gasteiger partial charge in [-0.2, -0.15) is 0 Å². The number of nitrogens with zero attached hydrogens (tertiary/aromatic N) is 3. The van der Waals surface area contributed by atoms with Gasteiger partial charge in [-0.25, -0.2) is 14.2 Å². The number of carboxylic acid groups (broad SMARTS) is 1. The predicted molar refractivity (Wildman–Crippen MR) is 126 cm³/mol. The van der Waals surface area contributed by atoms with Gasteiger partial charge in [0.05, 0.1) is 25.4 Å². The van der Waals surface area contributed by atoms with Crippen molar-refractivity contribution in [3.8, 4) is 0 Å². The van der Waals surface area contributed by atoms with Gasteiger partial charge in [0.15, 0.2) is 10.8 Å². The van der Waals surface area contributed by atoms with E-state index >= 15 is 4.39 Å². The Balaban J connectivity index is 1.83. The summed E-state index contributed by atoms with van der Waals surface area (Å²) >= 11 is 4.59. The van der Waals surface area contributed by atoms with E-state index in [4.69, 9.17) is 9.47 Å². The lowest BCUT2D eigenvalue weighted by Gasteiger charge is -2.35. The lowest BCUT2D eigenvalue weighted by molar-refractivity contribution is -0.149. The summed E-state index contributed by atoms with van der Waals surface area (Å²) < 4.78 is 26.3. The van der Waals surface area contributed by atoms with Crippen LogP contribution in [0.4, 0.5) is 4.39 Å². The predicted octanol–water partition coefficient (Wildman–Crippen LogP) is 2.74. The van der Waals surface area contributed by atoms with Crippen molar-refractivity contribution in [2.75, 3.05) is 32.9 Å². The molecule has 1 saturated heterocycles. The first kappa shape index (κ1) is 24.5. The number of ether oxygens (including phenoxy) is 2. The van der Waals surface area contributed by atoms with Crippen molar-refractivity contribution in [1.82, 2.24) is 15.2 Å². The van der Waals surface area contributed by atoms with Crippen molar-refractivity contribution in [3.63, 3.8) is 0 Å². The first-order valence-electron chi connectivity index (χ1n) is 10.5. The van der Waals surface area contributed by atoms with Gasteiger partial charge < -0.3 is 19.9 Å². The third-order valence-electron chi connectivity index (χ3n) is 5.40. The first-order valence-corrected chi connectivity index (χ1v) is 12.2. The number of amidine groups is 1. The molecule has 0 amide bonds. The van der Waals surface area contributed by atoms with Crippen LogP contribution in [0, 0.1) is 5.82 Å². The summed E-state index contributed by atoms with van der Waals surface area (Å²) in [5, 5.41) is 15.1. The summed E-state index contributed by atoms with van der Waals surface area (Å²) in [6.07, 6.45) is 1.62. The number of morpholine rings is 1. The zero-order valence-corrected chi connectivity index (χ0v) is 20.6. The Morgan fingerprint density at radius 2 is 2.26 bits per heavy atom. The second kappa shape index (κ2) is 10.7. The highest BCUT2D eigenvalue weighted by Crippen LogP contribution is 2.35. The SMILES string of the molecule is CCOC(=O)C1=C(CN2CCOC[C@H]2C(=O)O)NC(c2nccs2)=N[C@H]1c1ccc(Br)cc1F. The summed E-state index contributed by atoms with van der Waals surface area (Å²) in [6, 6.07) is 2.64. The van der Waals surface area contributed by atoms with Crippen molar-refractivity contribution in [2.24, 2.45) is 4.99 Å². The van der Waals surface area contributed by atoms with Crippen LogP contribution in [0.25, 0.3) is 0 Å². The minimum atomic E-state index is -1.03. The fourth-order valence-electron chi connectivity index (χ4n) is 3.82. The maximum absolute atomic E-state index is 15.1. The average Bonchev–Trinajstić information content (AvgIpc) is 3.34. The number of esters is 1. The number of hydrogen-bond acceptors (Lipinski definition) is 9. The highest BCUT2D eigenvalue weighted by molar-refractivity contribution is 9.10. The maximum Gasteiger partial charge on any atom is 0.338 e. The van der Waals surface area contributed by atoms with Crippen molar-refractivity contribution >= 4 is 45.0 Å². The molecule has 34 heavy (non-hydrogen) atoms. The number of halogens is 2. The van der Waals surface area contributed by atoms with E-state index in [1.807, 2.05) is 0 Å². The molecule has 2 atom stereocenters. The summed E-state index contributed by atoms with van der Waals surface area (Å²) in [4.78, 5) is 35.6. The minimum absolute atomic E-state index is 0.0234. The molecule has 180 valence electrons. The van der Waals surface area contributed by atoms with Gasteiger partial charge in [0.25, 0.3) is 0 Å². The Bertz CT molecular complexity index is 1140. The molecule has 0 radical (unpaired) electrons. The van der Waals surface area contributed by atoms with Crippen LogP contribution >= 0.6 is 27.3 Å². The van der Waals surface area contributed by atoms with E-state index in [2.05, 4.69) is 31.2 Å². The quantitative estimate of drug-likeness (QED) is 0.504. The van der Waals surface area contributed by atoms with Gasteiger partial charge in [0.1, 0.15) is 17.9 Å². The molecular formula is C22H22BrFN4O5S. The van der Waals surface area contributed by atoms with Gasteiger partial charge in [-0.1, -0.05) is 22.0 Å². The molecule has 1 fully saturated rings. The van der Waals surface area contributed by atoms with E-state index in [-0.39, 0.29) is 30.9 Å². The van der Waals surface area contributed by atoms with Crippen LogP contribution in [0.1, 0.15) is 23.5 Å². The monoisotopic (exact) mass is 552 g/mol. The number of rotatable bonds is 7. The van der Waals surface area contributed by atoms with Gasteiger partial charge in [0, 0.05) is 40.4 Å². The molecule has 3 heterocycles. The van der Waals surface area contributed by atoms with Crippen molar-refractivity contribution in [1.29, 1.82) is 0 Å². The Morgan fingerprint density at radius 1 is 1.44 bits per heavy atom. The van der Waals surface area contributed by atoms with E-state index in [0.29, 0.717) is 34.2 Å². The Labute approximate surface area is 207 Å². The summed E-state index contributed by atoms with van der Waals surface area (Å²) in [6.45, 7) is 2.59. The van der Waals surface area contributed by atoms with Crippen molar-refractivity contribution in [3.05, 3.63) is 61.9 Å². The first-order chi connectivity index (χ1) is 16.4. The van der Waals surface area contributed by atoms with Gasteiger partial charge >= 0.3 is 11.9 Å². The van der Waals surface area contributed by atoms with Crippen LogP contribution in [0.3, 0.4) is 0 Å². The van der Waals surface area contributed by atoms with Gasteiger partial charge in [-0.15, -0.1) is 11.3 Å². The van der Waals surface area contributed by atoms with Crippen LogP contribution in [-0.2, 0) is 19.1 Å². The Kier molecular flexibility index (Phi) is 7.71. The molecule has 0 bridgehead atoms. The van der Waals surface area contributed by atoms with Gasteiger partial charge in [-0.05, 0) is 19.1 Å². The van der Waals surface area contributed by atoms with E-state index in [0.717, 1.165) is 0 Å². The number of aliphatic carboxylic acids is 1. The van der Waals surface area contributed by atoms with E-state index in [1.54, 1.807) is 35.5 Å². The number of carbonyl (C=O) groups excluding carboxylic acids is 1. The fraction of sp³-hybridized carbons (Fsp3) is 0.364. The molecule has 2 aliphatic heterocycles. The number of aliphatic imine (C=N–C) groups is 1. The highest BCUT2D eigenvalue weighted by atomic mass is 79.9. The number of benzene rings is 1. The van der Waals surface area contributed by atoms with E-state index in [1.165, 1.54) is 17.4 Å². The smallest absolute Gasteiger partial charge is 0.338 e. The zero-order valence-electron chi connectivity index (χ0n) is 18.2. The largest absolute Gasteiger partial charge is 0.480 e. The number of carbonyl (C=O) groups is 2. The molecule has 0 saturated carbocycles. The Hall–Kier alpha value is -2.67. The zero-order chi connectivity index (χ0) is 24.2. The van der Waals surface area contributed by atoms with Gasteiger partial charge in [0.2, 0.25) is 0 Å². The number of thiazole rings is 1. The fourth-order valence-corrected chi connectivity index (χ4v) is 4.75. The van der Waals surface area contributed by atoms with E-state index in [9.17, 15) is 14.7 Å². The van der Waals surface area contributed by atoms with Crippen LogP contribution in [0.2, 0.25) is 0 Å². The van der Waals surface area contributed by atoms with Crippen molar-refractivity contribution < 1.29 is 28.6 Å². The standard InChI is InChI=1S/C22H22BrFN4O5S/c1-2-33-22(31)17-15(10-28-6-7-32-11-16(28)21(29)30)26-19(20-25-5-8-34-20)27-18(17)13-4-3-12(23)9-14(13)24/h3-5,8-9,16,18H,2,6-7,10-11H2,1H3,(H,26,27)(H,29,30)/t16-,18-/m0/s1. The van der Waals surface area contributed by atoms with Crippen LogP contribution in [-0.4, -0.2) is 71.7 Å². The van der Waals surface area contributed by atoms with E-state index < -0.39 is 29.8 Å². The normalized spacial score (nSPS) is 21.1. The molecule has 2 aliphatic rings. The molecule has 12 heteroatoms. The third-order valence-corrected chi connectivity index (χ3v) is 6.67. The topological polar surface area (TPSA) is 113 Å². The Morgan fingerprint density at radius 3 is 2.94 bits per heavy atom. The van der Waals surface area contributed by atoms with Gasteiger partial charge in [-0.3, -0.25) is 14.7 Å². The second-order valence-corrected chi connectivity index (χ2v) is 9.33. The third kappa shape index (κ3) is 5.19. The highest BCUT2D eigenvalue weighted by Gasteiger charge is 2.37. The summed E-state index contributed by atoms with van der Waals surface area (Å²) in [5.74, 6) is -1.86. The molecule has 0 aliphatic carbocycles. The number of aromatic nitrogens is 1. The number of nitrogens with one attached hydrogen (secondary N) is 1. The molecule has 2 N–H and O–H groups in total. The summed E-state index contributed by atoms with van der Waals surface area (Å²) in [5.41, 5.74) is 0.703. The molecule has 1 aromatic heterocycles. The lowest BCUT2D eigenvalue weighted by Crippen LogP contribution is -2.52. The molecule has 2 aromatic rings. The number of carboxylic acids is 1. The van der Waals surface area contributed by atoms with Crippen LogP contribution < -0.4 is 5.32 Å². The minimum Gasteiger partial charge on any atom is -0.480 e. The average molecular weight is 553 g/mol. The lowest BCUT2D eigenvalue weighted by atomic mass is 9.94. The molecule has 4 rings (SSSR count). The molecule has 0 unspecified atom stereocenters. The maximum atomic E-state index is 15.1. The summed E-state index contributed by atoms with van der Waals surface area (Å²) in [7, 11) is 0. The molecule has 0 spiro atoms. The molecule has 9 nitrogen and oxygen atoms in total.